The molecule has 0 spiro atoms. The second-order valence-electron chi connectivity index (χ2n) is 6.27. The molecule has 1 saturated carbocycles. The average Bonchev–Trinajstić information content (AvgIpc) is 2.30. The first-order chi connectivity index (χ1) is 8.07. The quantitative estimate of drug-likeness (QED) is 0.776. The van der Waals surface area contributed by atoms with Gasteiger partial charge in [0.1, 0.15) is 0 Å². The number of nitrogens with one attached hydrogen (secondary N) is 1. The van der Waals surface area contributed by atoms with Crippen molar-refractivity contribution in [3.63, 3.8) is 0 Å². The lowest BCUT2D eigenvalue weighted by molar-refractivity contribution is 0.461. The molecule has 1 nitrogen and oxygen atoms in total. The second kappa shape index (κ2) is 5.12. The van der Waals surface area contributed by atoms with Gasteiger partial charge in [0, 0.05) is 11.7 Å². The summed E-state index contributed by atoms with van der Waals surface area (Å²) < 4.78 is 0. The molecule has 94 valence electrons. The molecule has 0 saturated heterocycles. The average molecular weight is 231 g/mol. The second-order valence-corrected chi connectivity index (χ2v) is 6.27. The van der Waals surface area contributed by atoms with Crippen LogP contribution in [0.25, 0.3) is 0 Å². The Morgan fingerprint density at radius 2 is 1.65 bits per heavy atom. The van der Waals surface area contributed by atoms with Crippen molar-refractivity contribution in [3.05, 3.63) is 29.8 Å². The Labute approximate surface area is 106 Å². The molecule has 17 heavy (non-hydrogen) atoms. The fraction of sp³-hybridized carbons (Fsp3) is 0.625. The van der Waals surface area contributed by atoms with Crippen LogP contribution in [0.2, 0.25) is 0 Å². The SMILES string of the molecule is CC(C)(C)c1ccccc1NC1CCCCC1. The molecule has 1 N–H and O–H groups in total. The van der Waals surface area contributed by atoms with Crippen LogP contribution in [-0.4, -0.2) is 6.04 Å². The van der Waals surface area contributed by atoms with E-state index in [0.29, 0.717) is 6.04 Å². The highest BCUT2D eigenvalue weighted by atomic mass is 14.9. The highest BCUT2D eigenvalue weighted by molar-refractivity contribution is 5.54. The van der Waals surface area contributed by atoms with Crippen molar-refractivity contribution in [2.45, 2.75) is 64.3 Å². The predicted octanol–water partition coefficient (Wildman–Crippen LogP) is 4.73. The van der Waals surface area contributed by atoms with Gasteiger partial charge in [-0.05, 0) is 29.9 Å². The van der Waals surface area contributed by atoms with Crippen LogP contribution in [0, 0.1) is 0 Å². The highest BCUT2D eigenvalue weighted by Crippen LogP contribution is 2.31. The van der Waals surface area contributed by atoms with E-state index in [1.54, 1.807) is 0 Å². The predicted molar refractivity (Wildman–Crippen MR) is 75.6 cm³/mol. The van der Waals surface area contributed by atoms with Gasteiger partial charge in [0.15, 0.2) is 0 Å². The topological polar surface area (TPSA) is 12.0 Å². The molecule has 1 aromatic rings. The number of hydrogen-bond donors (Lipinski definition) is 1. The molecule has 0 radical (unpaired) electrons. The summed E-state index contributed by atoms with van der Waals surface area (Å²) in [5.74, 6) is 0. The lowest BCUT2D eigenvalue weighted by Crippen LogP contribution is -2.24. The summed E-state index contributed by atoms with van der Waals surface area (Å²) in [7, 11) is 0. The van der Waals surface area contributed by atoms with E-state index in [2.05, 4.69) is 50.4 Å². The van der Waals surface area contributed by atoms with Gasteiger partial charge >= 0.3 is 0 Å². The first kappa shape index (κ1) is 12.5. The third-order valence-electron chi connectivity index (χ3n) is 3.70. The Morgan fingerprint density at radius 3 is 2.29 bits per heavy atom. The van der Waals surface area contributed by atoms with Crippen LogP contribution < -0.4 is 5.32 Å². The van der Waals surface area contributed by atoms with Gasteiger partial charge < -0.3 is 5.32 Å². The maximum Gasteiger partial charge on any atom is 0.0380 e. The molecule has 1 aromatic carbocycles. The van der Waals surface area contributed by atoms with Crippen LogP contribution in [0.4, 0.5) is 5.69 Å². The molecule has 0 heterocycles. The molecule has 0 aromatic heterocycles. The van der Waals surface area contributed by atoms with Crippen molar-refractivity contribution >= 4 is 5.69 Å². The number of rotatable bonds is 2. The molecule has 0 atom stereocenters. The van der Waals surface area contributed by atoms with Crippen molar-refractivity contribution in [2.75, 3.05) is 5.32 Å². The molecule has 1 aliphatic carbocycles. The number of para-hydroxylation sites is 1. The Kier molecular flexibility index (Phi) is 3.76. The summed E-state index contributed by atoms with van der Waals surface area (Å²) in [6.07, 6.45) is 6.85. The maximum absolute atomic E-state index is 3.76. The molecular formula is C16H25N. The Morgan fingerprint density at radius 1 is 1.00 bits per heavy atom. The van der Waals surface area contributed by atoms with E-state index in [0.717, 1.165) is 0 Å². The summed E-state index contributed by atoms with van der Waals surface area (Å²) in [6, 6.07) is 9.46. The van der Waals surface area contributed by atoms with Crippen molar-refractivity contribution in [3.8, 4) is 0 Å². The summed E-state index contributed by atoms with van der Waals surface area (Å²) in [6.45, 7) is 6.86. The normalized spacial score (nSPS) is 18.1. The van der Waals surface area contributed by atoms with E-state index in [1.165, 1.54) is 43.4 Å². The summed E-state index contributed by atoms with van der Waals surface area (Å²) >= 11 is 0. The smallest absolute Gasteiger partial charge is 0.0380 e. The Hall–Kier alpha value is -0.980. The lowest BCUT2D eigenvalue weighted by atomic mass is 9.85. The molecule has 1 heteroatoms. The summed E-state index contributed by atoms with van der Waals surface area (Å²) in [5.41, 5.74) is 3.00. The van der Waals surface area contributed by atoms with Gasteiger partial charge in [-0.1, -0.05) is 58.2 Å². The molecular weight excluding hydrogens is 206 g/mol. The van der Waals surface area contributed by atoms with Gasteiger partial charge in [-0.25, -0.2) is 0 Å². The lowest BCUT2D eigenvalue weighted by Gasteiger charge is -2.28. The van der Waals surface area contributed by atoms with Crippen molar-refractivity contribution in [1.29, 1.82) is 0 Å². The Bertz CT molecular complexity index is 356. The number of hydrogen-bond acceptors (Lipinski definition) is 1. The van der Waals surface area contributed by atoms with Crippen molar-refractivity contribution in [1.82, 2.24) is 0 Å². The van der Waals surface area contributed by atoms with Crippen LogP contribution >= 0.6 is 0 Å². The van der Waals surface area contributed by atoms with Crippen LogP contribution in [0.1, 0.15) is 58.4 Å². The zero-order valence-electron chi connectivity index (χ0n) is 11.4. The molecule has 0 aliphatic heterocycles. The molecule has 0 bridgehead atoms. The van der Waals surface area contributed by atoms with Gasteiger partial charge in [-0.15, -0.1) is 0 Å². The van der Waals surface area contributed by atoms with E-state index in [1.807, 2.05) is 0 Å². The zero-order chi connectivity index (χ0) is 12.3. The van der Waals surface area contributed by atoms with Gasteiger partial charge in [-0.2, -0.15) is 0 Å². The van der Waals surface area contributed by atoms with E-state index < -0.39 is 0 Å². The summed E-state index contributed by atoms with van der Waals surface area (Å²) in [5, 5.41) is 3.76. The minimum atomic E-state index is 0.220. The fourth-order valence-corrected chi connectivity index (χ4v) is 2.73. The monoisotopic (exact) mass is 231 g/mol. The number of benzene rings is 1. The van der Waals surface area contributed by atoms with Gasteiger partial charge in [0.2, 0.25) is 0 Å². The first-order valence-corrected chi connectivity index (χ1v) is 6.93. The number of anilines is 1. The summed E-state index contributed by atoms with van der Waals surface area (Å²) in [4.78, 5) is 0. The maximum atomic E-state index is 3.76. The molecule has 2 rings (SSSR count). The van der Waals surface area contributed by atoms with Gasteiger partial charge in [-0.3, -0.25) is 0 Å². The van der Waals surface area contributed by atoms with Crippen LogP contribution in [0.5, 0.6) is 0 Å². The molecule has 0 unspecified atom stereocenters. The third kappa shape index (κ3) is 3.24. The van der Waals surface area contributed by atoms with E-state index in [9.17, 15) is 0 Å². The minimum Gasteiger partial charge on any atom is -0.382 e. The largest absolute Gasteiger partial charge is 0.382 e. The minimum absolute atomic E-state index is 0.220. The van der Waals surface area contributed by atoms with E-state index in [-0.39, 0.29) is 5.41 Å². The first-order valence-electron chi connectivity index (χ1n) is 6.93. The van der Waals surface area contributed by atoms with E-state index in [4.69, 9.17) is 0 Å². The molecule has 1 fully saturated rings. The Balaban J connectivity index is 2.14. The molecule has 1 aliphatic rings. The van der Waals surface area contributed by atoms with Crippen molar-refractivity contribution in [2.24, 2.45) is 0 Å². The van der Waals surface area contributed by atoms with Gasteiger partial charge in [0.05, 0.1) is 0 Å². The van der Waals surface area contributed by atoms with Crippen LogP contribution in [0.15, 0.2) is 24.3 Å². The van der Waals surface area contributed by atoms with Crippen molar-refractivity contribution < 1.29 is 0 Å². The van der Waals surface area contributed by atoms with Crippen LogP contribution in [0.3, 0.4) is 0 Å². The fourth-order valence-electron chi connectivity index (χ4n) is 2.73. The van der Waals surface area contributed by atoms with Crippen LogP contribution in [-0.2, 0) is 5.41 Å². The van der Waals surface area contributed by atoms with Gasteiger partial charge in [0.25, 0.3) is 0 Å². The third-order valence-corrected chi connectivity index (χ3v) is 3.70. The standard InChI is InChI=1S/C16H25N/c1-16(2,3)14-11-7-8-12-15(14)17-13-9-5-4-6-10-13/h7-8,11-13,17H,4-6,9-10H2,1-3H3. The highest BCUT2D eigenvalue weighted by Gasteiger charge is 2.20. The molecule has 0 amide bonds. The zero-order valence-corrected chi connectivity index (χ0v) is 11.4. The van der Waals surface area contributed by atoms with E-state index >= 15 is 0 Å².